The third-order valence-electron chi connectivity index (χ3n) is 5.33. The van der Waals surface area contributed by atoms with Crippen molar-refractivity contribution in [3.05, 3.63) is 23.8 Å². The number of nitrogens with zero attached hydrogens (tertiary/aromatic N) is 1. The molecule has 0 unspecified atom stereocenters. The van der Waals surface area contributed by atoms with Crippen LogP contribution in [0.4, 0.5) is 11.4 Å². The Morgan fingerprint density at radius 2 is 1.89 bits per heavy atom. The lowest BCUT2D eigenvalue weighted by Crippen LogP contribution is -2.35. The average Bonchev–Trinajstić information content (AvgIpc) is 2.67. The highest BCUT2D eigenvalue weighted by Crippen LogP contribution is 2.29. The van der Waals surface area contributed by atoms with Crippen LogP contribution in [0.3, 0.4) is 0 Å². The van der Waals surface area contributed by atoms with Gasteiger partial charge in [0, 0.05) is 37.4 Å². The Kier molecular flexibility index (Phi) is 8.81. The molecular formula is C23H37N3O2. The number of unbranched alkanes of at least 4 members (excludes halogenated alkanes) is 2. The molecule has 1 aromatic rings. The second-order valence-electron chi connectivity index (χ2n) is 8.51. The first-order valence-electron chi connectivity index (χ1n) is 10.9. The van der Waals surface area contributed by atoms with Crippen LogP contribution in [0.5, 0.6) is 0 Å². The van der Waals surface area contributed by atoms with Gasteiger partial charge in [0.2, 0.25) is 5.91 Å². The summed E-state index contributed by atoms with van der Waals surface area (Å²) in [6.45, 7) is 11.1. The number of piperidine rings is 1. The van der Waals surface area contributed by atoms with Crippen LogP contribution in [0, 0.1) is 11.8 Å². The summed E-state index contributed by atoms with van der Waals surface area (Å²) in [6.07, 6.45) is 5.85. The Morgan fingerprint density at radius 3 is 2.54 bits per heavy atom. The van der Waals surface area contributed by atoms with Crippen molar-refractivity contribution in [2.24, 2.45) is 11.8 Å². The molecule has 0 aromatic heterocycles. The van der Waals surface area contributed by atoms with E-state index in [0.29, 0.717) is 30.1 Å². The molecule has 28 heavy (non-hydrogen) atoms. The zero-order valence-corrected chi connectivity index (χ0v) is 18.0. The van der Waals surface area contributed by atoms with Gasteiger partial charge in [0.05, 0.1) is 5.56 Å². The minimum absolute atomic E-state index is 0.0153. The van der Waals surface area contributed by atoms with Gasteiger partial charge in [-0.3, -0.25) is 9.59 Å². The summed E-state index contributed by atoms with van der Waals surface area (Å²) >= 11 is 0. The molecule has 0 saturated carbocycles. The van der Waals surface area contributed by atoms with Gasteiger partial charge in [0.25, 0.3) is 5.91 Å². The van der Waals surface area contributed by atoms with Crippen molar-refractivity contribution < 1.29 is 9.59 Å². The molecule has 0 bridgehead atoms. The van der Waals surface area contributed by atoms with Crippen LogP contribution in [0.1, 0.15) is 76.6 Å². The second-order valence-corrected chi connectivity index (χ2v) is 8.51. The quantitative estimate of drug-likeness (QED) is 0.597. The number of nitrogens with one attached hydrogen (secondary N) is 2. The molecule has 5 heteroatoms. The number of amides is 2. The van der Waals surface area contributed by atoms with Gasteiger partial charge in [-0.15, -0.1) is 0 Å². The van der Waals surface area contributed by atoms with Crippen LogP contribution < -0.4 is 15.5 Å². The number of hydrogen-bond acceptors (Lipinski definition) is 3. The van der Waals surface area contributed by atoms with E-state index in [2.05, 4.69) is 43.2 Å². The highest BCUT2D eigenvalue weighted by atomic mass is 16.2. The molecule has 1 fully saturated rings. The Morgan fingerprint density at radius 1 is 1.18 bits per heavy atom. The number of anilines is 2. The van der Waals surface area contributed by atoms with Crippen molar-refractivity contribution in [3.8, 4) is 0 Å². The van der Waals surface area contributed by atoms with E-state index in [9.17, 15) is 9.59 Å². The first-order valence-corrected chi connectivity index (χ1v) is 10.9. The fourth-order valence-electron chi connectivity index (χ4n) is 3.47. The van der Waals surface area contributed by atoms with E-state index in [1.54, 1.807) is 0 Å². The first-order chi connectivity index (χ1) is 13.4. The number of carbonyl (C=O) groups excluding carboxylic acids is 2. The maximum atomic E-state index is 12.9. The Hall–Kier alpha value is -2.04. The summed E-state index contributed by atoms with van der Waals surface area (Å²) in [5, 5.41) is 5.99. The second kappa shape index (κ2) is 11.1. The van der Waals surface area contributed by atoms with E-state index in [0.717, 1.165) is 56.8 Å². The molecule has 0 spiro atoms. The van der Waals surface area contributed by atoms with E-state index in [1.165, 1.54) is 0 Å². The molecule has 5 nitrogen and oxygen atoms in total. The lowest BCUT2D eigenvalue weighted by atomic mass is 9.97. The number of rotatable bonds is 9. The number of carbonyl (C=O) groups is 2. The molecule has 156 valence electrons. The third-order valence-corrected chi connectivity index (χ3v) is 5.33. The van der Waals surface area contributed by atoms with Crippen molar-refractivity contribution in [2.45, 2.75) is 66.2 Å². The summed E-state index contributed by atoms with van der Waals surface area (Å²) in [7, 11) is 0. The van der Waals surface area contributed by atoms with Crippen molar-refractivity contribution in [1.82, 2.24) is 5.32 Å². The zero-order chi connectivity index (χ0) is 20.5. The smallest absolute Gasteiger partial charge is 0.253 e. The number of benzene rings is 1. The summed E-state index contributed by atoms with van der Waals surface area (Å²) in [5.74, 6) is 1.08. The van der Waals surface area contributed by atoms with Crippen LogP contribution in [-0.2, 0) is 4.79 Å². The van der Waals surface area contributed by atoms with Gasteiger partial charge in [-0.25, -0.2) is 0 Å². The molecule has 1 saturated heterocycles. The average molecular weight is 388 g/mol. The van der Waals surface area contributed by atoms with Crippen molar-refractivity contribution in [3.63, 3.8) is 0 Å². The van der Waals surface area contributed by atoms with Gasteiger partial charge in [-0.05, 0) is 49.3 Å². The molecule has 1 heterocycles. The minimum atomic E-state index is -0.0654. The molecular weight excluding hydrogens is 350 g/mol. The summed E-state index contributed by atoms with van der Waals surface area (Å²) in [4.78, 5) is 27.4. The van der Waals surface area contributed by atoms with Crippen molar-refractivity contribution in [2.75, 3.05) is 29.9 Å². The Bertz CT molecular complexity index is 649. The molecule has 2 N–H and O–H groups in total. The van der Waals surface area contributed by atoms with Gasteiger partial charge in [0.15, 0.2) is 0 Å². The molecule has 0 atom stereocenters. The lowest BCUT2D eigenvalue weighted by Gasteiger charge is -2.33. The van der Waals surface area contributed by atoms with Gasteiger partial charge in [0.1, 0.15) is 0 Å². The first kappa shape index (κ1) is 22.3. The number of hydrogen-bond donors (Lipinski definition) is 2. The third kappa shape index (κ3) is 6.84. The van der Waals surface area contributed by atoms with Gasteiger partial charge < -0.3 is 15.5 Å². The highest BCUT2D eigenvalue weighted by Gasteiger charge is 2.22. The lowest BCUT2D eigenvalue weighted by molar-refractivity contribution is -0.116. The molecule has 0 radical (unpaired) electrons. The SMILES string of the molecule is CCCCCC(=O)Nc1ccc(N2CCC(C)CC2)c(C(=O)NCC(C)C)c1. The Labute approximate surface area is 170 Å². The Balaban J connectivity index is 2.17. The van der Waals surface area contributed by atoms with Gasteiger partial charge >= 0.3 is 0 Å². The topological polar surface area (TPSA) is 61.4 Å². The largest absolute Gasteiger partial charge is 0.371 e. The van der Waals surface area contributed by atoms with Gasteiger partial charge in [-0.1, -0.05) is 40.5 Å². The van der Waals surface area contributed by atoms with E-state index < -0.39 is 0 Å². The fraction of sp³-hybridized carbons (Fsp3) is 0.652. The van der Waals surface area contributed by atoms with Crippen molar-refractivity contribution in [1.29, 1.82) is 0 Å². The van der Waals surface area contributed by atoms with Gasteiger partial charge in [-0.2, -0.15) is 0 Å². The van der Waals surface area contributed by atoms with Crippen LogP contribution in [0.15, 0.2) is 18.2 Å². The maximum Gasteiger partial charge on any atom is 0.253 e. The van der Waals surface area contributed by atoms with E-state index in [4.69, 9.17) is 0 Å². The standard InChI is InChI=1S/C23H37N3O2/c1-5-6-7-8-22(27)25-19-9-10-21(26-13-11-18(4)12-14-26)20(15-19)23(28)24-16-17(2)3/h9-10,15,17-18H,5-8,11-14,16H2,1-4H3,(H,24,28)(H,25,27). The van der Waals surface area contributed by atoms with E-state index >= 15 is 0 Å². The van der Waals surface area contributed by atoms with E-state index in [1.807, 2.05) is 18.2 Å². The molecule has 0 aliphatic carbocycles. The predicted molar refractivity (Wildman–Crippen MR) is 117 cm³/mol. The molecule has 1 aliphatic rings. The maximum absolute atomic E-state index is 12.9. The van der Waals surface area contributed by atoms with Crippen LogP contribution >= 0.6 is 0 Å². The summed E-state index contributed by atoms with van der Waals surface area (Å²) in [6, 6.07) is 5.74. The van der Waals surface area contributed by atoms with Crippen LogP contribution in [0.25, 0.3) is 0 Å². The monoisotopic (exact) mass is 387 g/mol. The van der Waals surface area contributed by atoms with E-state index in [-0.39, 0.29) is 11.8 Å². The molecule has 2 amide bonds. The molecule has 1 aliphatic heterocycles. The predicted octanol–water partition coefficient (Wildman–Crippen LogP) is 4.83. The fourth-order valence-corrected chi connectivity index (χ4v) is 3.47. The molecule has 1 aromatic carbocycles. The zero-order valence-electron chi connectivity index (χ0n) is 18.0. The normalized spacial score (nSPS) is 15.0. The summed E-state index contributed by atoms with van der Waals surface area (Å²) < 4.78 is 0. The van der Waals surface area contributed by atoms with Crippen LogP contribution in [0.2, 0.25) is 0 Å². The van der Waals surface area contributed by atoms with Crippen LogP contribution in [-0.4, -0.2) is 31.4 Å². The minimum Gasteiger partial charge on any atom is -0.371 e. The highest BCUT2D eigenvalue weighted by molar-refractivity contribution is 6.02. The summed E-state index contributed by atoms with van der Waals surface area (Å²) in [5.41, 5.74) is 2.32. The van der Waals surface area contributed by atoms with Crippen molar-refractivity contribution >= 4 is 23.2 Å². The molecule has 2 rings (SSSR count).